The van der Waals surface area contributed by atoms with Gasteiger partial charge in [-0.15, -0.1) is 12.4 Å². The molecule has 1 aliphatic heterocycles. The maximum Gasteiger partial charge on any atom is 0.435 e. The molecule has 11 nitrogen and oxygen atoms in total. The van der Waals surface area contributed by atoms with E-state index < -0.39 is 17.8 Å². The number of piperazine rings is 1. The van der Waals surface area contributed by atoms with Gasteiger partial charge in [0.25, 0.3) is 11.8 Å². The summed E-state index contributed by atoms with van der Waals surface area (Å²) in [5.41, 5.74) is 5.26. The van der Waals surface area contributed by atoms with E-state index in [0.29, 0.717) is 51.5 Å². The Morgan fingerprint density at radius 3 is 2.35 bits per heavy atom. The van der Waals surface area contributed by atoms with Crippen molar-refractivity contribution in [1.82, 2.24) is 29.1 Å². The first-order chi connectivity index (χ1) is 21.4. The standard InChI is InChI=1S/C30H34ClF3N8O3.ClH/c1-39-24(22-16-42(15-17-3-2-4-17)38-25(22)30(32,33)34)14-36-26(39)27(43)37-20-5-6-21(23(31)13-20)29(45)41-9-7-40(8-10-41)28(44)18-11-19(35)12-18;/h5-6,13-14,16-19H,2-4,7-12,15,35H2,1H3,(H,37,43);1H/t18-,19-;. The van der Waals surface area contributed by atoms with Crippen molar-refractivity contribution in [2.75, 3.05) is 31.5 Å². The molecule has 0 atom stereocenters. The third kappa shape index (κ3) is 6.74. The molecule has 3 aromatic rings. The van der Waals surface area contributed by atoms with Crippen molar-refractivity contribution in [2.45, 2.75) is 50.9 Å². The van der Waals surface area contributed by atoms with Crippen molar-refractivity contribution in [3.05, 3.63) is 52.7 Å². The molecule has 2 saturated carbocycles. The number of rotatable bonds is 7. The number of nitrogens with zero attached hydrogens (tertiary/aromatic N) is 6. The van der Waals surface area contributed by atoms with Crippen molar-refractivity contribution in [1.29, 1.82) is 0 Å². The van der Waals surface area contributed by atoms with Crippen molar-refractivity contribution < 1.29 is 27.6 Å². The van der Waals surface area contributed by atoms with Crippen LogP contribution in [-0.2, 0) is 24.6 Å². The molecule has 0 unspecified atom stereocenters. The molecule has 248 valence electrons. The molecule has 0 radical (unpaired) electrons. The van der Waals surface area contributed by atoms with E-state index in [-0.39, 0.29) is 69.5 Å². The van der Waals surface area contributed by atoms with Crippen molar-refractivity contribution in [2.24, 2.45) is 24.6 Å². The molecule has 0 spiro atoms. The second-order valence-corrected chi connectivity index (χ2v) is 12.5. The number of aromatic nitrogens is 4. The summed E-state index contributed by atoms with van der Waals surface area (Å²) >= 11 is 6.45. The van der Waals surface area contributed by atoms with Crippen LogP contribution in [-0.4, -0.2) is 79.1 Å². The number of amides is 3. The smallest absolute Gasteiger partial charge is 0.339 e. The molecule has 2 aromatic heterocycles. The average Bonchev–Trinajstić information content (AvgIpc) is 3.56. The molecule has 2 aliphatic carbocycles. The third-order valence-electron chi connectivity index (χ3n) is 9.03. The number of imidazole rings is 1. The first kappa shape index (κ1) is 33.7. The third-order valence-corrected chi connectivity index (χ3v) is 9.34. The number of hydrogen-bond donors (Lipinski definition) is 2. The van der Waals surface area contributed by atoms with Gasteiger partial charge < -0.3 is 25.4 Å². The van der Waals surface area contributed by atoms with Crippen LogP contribution in [0, 0.1) is 11.8 Å². The highest BCUT2D eigenvalue weighted by Gasteiger charge is 2.39. The van der Waals surface area contributed by atoms with Crippen LogP contribution < -0.4 is 11.1 Å². The fraction of sp³-hybridized carbons (Fsp3) is 0.500. The van der Waals surface area contributed by atoms with E-state index in [4.69, 9.17) is 17.3 Å². The highest BCUT2D eigenvalue weighted by atomic mass is 35.5. The number of nitrogens with one attached hydrogen (secondary N) is 1. The minimum atomic E-state index is -4.68. The van der Waals surface area contributed by atoms with Gasteiger partial charge in [-0.1, -0.05) is 18.0 Å². The molecule has 16 heteroatoms. The van der Waals surface area contributed by atoms with Gasteiger partial charge in [-0.2, -0.15) is 18.3 Å². The normalized spacial score (nSPS) is 20.0. The minimum absolute atomic E-state index is 0. The second-order valence-electron chi connectivity index (χ2n) is 12.1. The first-order valence-electron chi connectivity index (χ1n) is 15.0. The van der Waals surface area contributed by atoms with Crippen LogP contribution in [0.25, 0.3) is 11.3 Å². The van der Waals surface area contributed by atoms with Gasteiger partial charge >= 0.3 is 6.18 Å². The Kier molecular flexibility index (Phi) is 9.71. The summed E-state index contributed by atoms with van der Waals surface area (Å²) in [7, 11) is 1.46. The lowest BCUT2D eigenvalue weighted by molar-refractivity contribution is -0.141. The van der Waals surface area contributed by atoms with E-state index in [0.717, 1.165) is 19.3 Å². The molecule has 3 aliphatic rings. The van der Waals surface area contributed by atoms with Crippen LogP contribution in [0.5, 0.6) is 0 Å². The molecular weight excluding hydrogens is 648 g/mol. The van der Waals surface area contributed by atoms with Crippen molar-refractivity contribution >= 4 is 47.4 Å². The van der Waals surface area contributed by atoms with Crippen molar-refractivity contribution in [3.8, 4) is 11.3 Å². The van der Waals surface area contributed by atoms with E-state index in [2.05, 4.69) is 15.4 Å². The Balaban J connectivity index is 0.00000417. The first-order valence-corrected chi connectivity index (χ1v) is 15.4. The highest BCUT2D eigenvalue weighted by molar-refractivity contribution is 6.34. The monoisotopic (exact) mass is 682 g/mol. The zero-order valence-electron chi connectivity index (χ0n) is 25.1. The maximum absolute atomic E-state index is 13.9. The minimum Gasteiger partial charge on any atom is -0.339 e. The summed E-state index contributed by atoms with van der Waals surface area (Å²) in [6.07, 6.45) is 2.27. The number of benzene rings is 1. The zero-order chi connectivity index (χ0) is 32.0. The van der Waals surface area contributed by atoms with Gasteiger partial charge in [0.15, 0.2) is 11.5 Å². The number of alkyl halides is 3. The fourth-order valence-corrected chi connectivity index (χ4v) is 6.36. The Morgan fingerprint density at radius 1 is 1.09 bits per heavy atom. The van der Waals surface area contributed by atoms with Gasteiger partial charge in [0.05, 0.1) is 28.0 Å². The summed E-state index contributed by atoms with van der Waals surface area (Å²) in [5, 5.41) is 6.59. The summed E-state index contributed by atoms with van der Waals surface area (Å²) in [5.74, 6) is -0.711. The van der Waals surface area contributed by atoms with Crippen LogP contribution in [0.4, 0.5) is 18.9 Å². The van der Waals surface area contributed by atoms with Gasteiger partial charge in [0.1, 0.15) is 0 Å². The Bertz CT molecular complexity index is 1620. The molecule has 6 rings (SSSR count). The Labute approximate surface area is 274 Å². The second kappa shape index (κ2) is 13.2. The van der Waals surface area contributed by atoms with Crippen molar-refractivity contribution in [3.63, 3.8) is 0 Å². The van der Waals surface area contributed by atoms with Gasteiger partial charge in [-0.25, -0.2) is 4.98 Å². The molecule has 1 aromatic carbocycles. The molecule has 3 amide bonds. The average molecular weight is 684 g/mol. The van der Waals surface area contributed by atoms with E-state index in [1.807, 2.05) is 0 Å². The topological polar surface area (TPSA) is 131 Å². The van der Waals surface area contributed by atoms with Gasteiger partial charge in [-0.3, -0.25) is 19.1 Å². The van der Waals surface area contributed by atoms with Crippen LogP contribution >= 0.6 is 24.0 Å². The molecule has 1 saturated heterocycles. The summed E-state index contributed by atoms with van der Waals surface area (Å²) in [6.45, 7) is 2.00. The van der Waals surface area contributed by atoms with E-state index in [1.54, 1.807) is 9.80 Å². The molecule has 3 N–H and O–H groups in total. The molecule has 46 heavy (non-hydrogen) atoms. The zero-order valence-corrected chi connectivity index (χ0v) is 26.7. The van der Waals surface area contributed by atoms with E-state index >= 15 is 0 Å². The van der Waals surface area contributed by atoms with Gasteiger partial charge in [-0.05, 0) is 49.8 Å². The van der Waals surface area contributed by atoms with Crippen LogP contribution in [0.2, 0.25) is 5.02 Å². The highest BCUT2D eigenvalue weighted by Crippen LogP contribution is 2.37. The number of anilines is 1. The maximum atomic E-state index is 13.9. The predicted molar refractivity (Wildman–Crippen MR) is 167 cm³/mol. The predicted octanol–water partition coefficient (Wildman–Crippen LogP) is 4.45. The lowest BCUT2D eigenvalue weighted by atomic mass is 9.80. The van der Waals surface area contributed by atoms with Crippen LogP contribution in [0.3, 0.4) is 0 Å². The Hall–Kier alpha value is -3.62. The Morgan fingerprint density at radius 2 is 1.76 bits per heavy atom. The lowest BCUT2D eigenvalue weighted by Crippen LogP contribution is -2.54. The lowest BCUT2D eigenvalue weighted by Gasteiger charge is -2.40. The summed E-state index contributed by atoms with van der Waals surface area (Å²) < 4.78 is 44.2. The largest absolute Gasteiger partial charge is 0.435 e. The number of carbonyl (C=O) groups is 3. The number of halogens is 5. The van der Waals surface area contributed by atoms with Gasteiger partial charge in [0, 0.05) is 63.6 Å². The number of hydrogen-bond acceptors (Lipinski definition) is 6. The number of carbonyl (C=O) groups excluding carboxylic acids is 3. The number of nitrogens with two attached hydrogens (primary N) is 1. The molecule has 0 bridgehead atoms. The molecule has 3 fully saturated rings. The van der Waals surface area contributed by atoms with Crippen LogP contribution in [0.1, 0.15) is 58.8 Å². The SMILES string of the molecule is Cl.Cn1c(-c2cn(CC3CCC3)nc2C(F)(F)F)cnc1C(=O)Nc1ccc(C(=O)N2CCN(C(=O)[C@H]3C[C@H](N)C3)CC2)c(Cl)c1. The summed E-state index contributed by atoms with van der Waals surface area (Å²) in [4.78, 5) is 46.4. The van der Waals surface area contributed by atoms with Crippen LogP contribution in [0.15, 0.2) is 30.6 Å². The molecular formula is C30H35Cl2F3N8O3. The van der Waals surface area contributed by atoms with E-state index in [9.17, 15) is 27.6 Å². The molecule has 3 heterocycles. The van der Waals surface area contributed by atoms with Gasteiger partial charge in [0.2, 0.25) is 5.91 Å². The fourth-order valence-electron chi connectivity index (χ4n) is 6.10. The quantitative estimate of drug-likeness (QED) is 0.379. The summed E-state index contributed by atoms with van der Waals surface area (Å²) in [6, 6.07) is 4.54. The van der Waals surface area contributed by atoms with E-state index in [1.165, 1.54) is 46.9 Å².